The number of ether oxygens (including phenoxy) is 1. The van der Waals surface area contributed by atoms with Crippen molar-refractivity contribution in [1.82, 2.24) is 10.2 Å². The molecule has 0 bridgehead atoms. The molecule has 0 aromatic rings. The maximum atomic E-state index is 9.74. The predicted octanol–water partition coefficient (Wildman–Crippen LogP) is 1.49. The molecule has 1 heterocycles. The molecule has 0 aromatic carbocycles. The van der Waals surface area contributed by atoms with E-state index in [0.29, 0.717) is 5.41 Å². The molecule has 1 saturated heterocycles. The Kier molecular flexibility index (Phi) is 6.27. The topological polar surface area (TPSA) is 44.7 Å². The number of nitrogens with one attached hydrogen (secondary N) is 1. The van der Waals surface area contributed by atoms with Gasteiger partial charge >= 0.3 is 0 Å². The standard InChI is InChI=1S/C16H32N2O2/c1-14-4-3-6-16(10-14,12-17-7-9-20-2)13-18-8-5-15(19)11-18/h14-15,17,19H,3-13H2,1-2H3. The summed E-state index contributed by atoms with van der Waals surface area (Å²) in [6, 6.07) is 0. The Morgan fingerprint density at radius 2 is 2.25 bits per heavy atom. The van der Waals surface area contributed by atoms with Crippen molar-refractivity contribution >= 4 is 0 Å². The quantitative estimate of drug-likeness (QED) is 0.695. The molecule has 1 aliphatic carbocycles. The fourth-order valence-electron chi connectivity index (χ4n) is 4.09. The molecule has 2 rings (SSSR count). The zero-order valence-electron chi connectivity index (χ0n) is 13.2. The maximum Gasteiger partial charge on any atom is 0.0679 e. The van der Waals surface area contributed by atoms with Gasteiger partial charge in [0.05, 0.1) is 12.7 Å². The molecule has 2 aliphatic rings. The molecule has 3 unspecified atom stereocenters. The largest absolute Gasteiger partial charge is 0.392 e. The number of nitrogens with zero attached hydrogens (tertiary/aromatic N) is 1. The first kappa shape index (κ1) is 16.2. The zero-order valence-corrected chi connectivity index (χ0v) is 13.2. The van der Waals surface area contributed by atoms with E-state index in [-0.39, 0.29) is 6.10 Å². The van der Waals surface area contributed by atoms with Crippen molar-refractivity contribution in [1.29, 1.82) is 0 Å². The Hall–Kier alpha value is -0.160. The molecule has 2 fully saturated rings. The van der Waals surface area contributed by atoms with Crippen LogP contribution in [0.5, 0.6) is 0 Å². The van der Waals surface area contributed by atoms with E-state index in [1.54, 1.807) is 7.11 Å². The molecule has 0 amide bonds. The van der Waals surface area contributed by atoms with Crippen LogP contribution in [-0.4, -0.2) is 62.6 Å². The zero-order chi connectivity index (χ0) is 14.4. The molecular weight excluding hydrogens is 252 g/mol. The van der Waals surface area contributed by atoms with Crippen LogP contribution in [0.1, 0.15) is 39.0 Å². The van der Waals surface area contributed by atoms with Crippen LogP contribution in [0, 0.1) is 11.3 Å². The number of β-amino-alcohol motifs (C(OH)–C–C–N with tert-alkyl or cyclic N) is 1. The lowest BCUT2D eigenvalue weighted by atomic mass is 9.69. The highest BCUT2D eigenvalue weighted by atomic mass is 16.5. The molecule has 20 heavy (non-hydrogen) atoms. The molecule has 3 atom stereocenters. The van der Waals surface area contributed by atoms with Crippen molar-refractivity contribution in [3.63, 3.8) is 0 Å². The molecule has 2 N–H and O–H groups in total. The van der Waals surface area contributed by atoms with Crippen molar-refractivity contribution < 1.29 is 9.84 Å². The highest BCUT2D eigenvalue weighted by molar-refractivity contribution is 4.91. The van der Waals surface area contributed by atoms with Crippen LogP contribution >= 0.6 is 0 Å². The molecule has 4 heteroatoms. The summed E-state index contributed by atoms with van der Waals surface area (Å²) in [5.74, 6) is 0.834. The normalized spacial score (nSPS) is 35.5. The summed E-state index contributed by atoms with van der Waals surface area (Å²) < 4.78 is 5.13. The first-order chi connectivity index (χ1) is 9.63. The van der Waals surface area contributed by atoms with Crippen molar-refractivity contribution in [3.8, 4) is 0 Å². The van der Waals surface area contributed by atoms with Gasteiger partial charge in [-0.3, -0.25) is 0 Å². The lowest BCUT2D eigenvalue weighted by Crippen LogP contribution is -2.46. The van der Waals surface area contributed by atoms with Crippen LogP contribution in [0.25, 0.3) is 0 Å². The van der Waals surface area contributed by atoms with E-state index in [0.717, 1.165) is 51.7 Å². The lowest BCUT2D eigenvalue weighted by molar-refractivity contribution is 0.0804. The van der Waals surface area contributed by atoms with Gasteiger partial charge in [-0.2, -0.15) is 0 Å². The number of aliphatic hydroxyl groups is 1. The Bertz CT molecular complexity index is 288. The van der Waals surface area contributed by atoms with Crippen molar-refractivity contribution in [2.24, 2.45) is 11.3 Å². The molecule has 0 aromatic heterocycles. The fraction of sp³-hybridized carbons (Fsp3) is 1.00. The van der Waals surface area contributed by atoms with Crippen molar-refractivity contribution in [3.05, 3.63) is 0 Å². The van der Waals surface area contributed by atoms with Gasteiger partial charge in [0, 0.05) is 39.8 Å². The van der Waals surface area contributed by atoms with Gasteiger partial charge in [0.15, 0.2) is 0 Å². The van der Waals surface area contributed by atoms with Gasteiger partial charge in [0.1, 0.15) is 0 Å². The Balaban J connectivity index is 1.88. The second-order valence-electron chi connectivity index (χ2n) is 7.05. The summed E-state index contributed by atoms with van der Waals surface area (Å²) in [4.78, 5) is 2.47. The van der Waals surface area contributed by atoms with Gasteiger partial charge in [-0.05, 0) is 30.6 Å². The Morgan fingerprint density at radius 1 is 1.40 bits per heavy atom. The highest BCUT2D eigenvalue weighted by Gasteiger charge is 2.37. The minimum Gasteiger partial charge on any atom is -0.392 e. The summed E-state index contributed by atoms with van der Waals surface area (Å²) >= 11 is 0. The fourth-order valence-corrected chi connectivity index (χ4v) is 4.09. The van der Waals surface area contributed by atoms with E-state index in [1.165, 1.54) is 25.7 Å². The number of rotatable bonds is 7. The van der Waals surface area contributed by atoms with Crippen LogP contribution in [0.2, 0.25) is 0 Å². The minimum absolute atomic E-state index is 0.102. The van der Waals surface area contributed by atoms with Gasteiger partial charge in [0.2, 0.25) is 0 Å². The summed E-state index contributed by atoms with van der Waals surface area (Å²) in [5, 5.41) is 13.3. The third-order valence-corrected chi connectivity index (χ3v) is 4.97. The summed E-state index contributed by atoms with van der Waals surface area (Å²) in [5.41, 5.74) is 0.398. The smallest absolute Gasteiger partial charge is 0.0679 e. The summed E-state index contributed by atoms with van der Waals surface area (Å²) in [6.07, 6.45) is 6.22. The Morgan fingerprint density at radius 3 is 2.90 bits per heavy atom. The van der Waals surface area contributed by atoms with E-state index in [1.807, 2.05) is 0 Å². The van der Waals surface area contributed by atoms with Crippen LogP contribution in [0.4, 0.5) is 0 Å². The number of aliphatic hydroxyl groups excluding tert-OH is 1. The van der Waals surface area contributed by atoms with Crippen molar-refractivity contribution in [2.75, 3.05) is 46.4 Å². The summed E-state index contributed by atoms with van der Waals surface area (Å²) in [7, 11) is 1.76. The SMILES string of the molecule is COCCNCC1(CN2CCC(O)C2)CCCC(C)C1. The number of hydrogen-bond donors (Lipinski definition) is 2. The van der Waals surface area contributed by atoms with Crippen LogP contribution in [0.3, 0.4) is 0 Å². The van der Waals surface area contributed by atoms with Crippen LogP contribution in [0.15, 0.2) is 0 Å². The van der Waals surface area contributed by atoms with Gasteiger partial charge in [-0.25, -0.2) is 0 Å². The molecular formula is C16H32N2O2. The van der Waals surface area contributed by atoms with E-state index in [4.69, 9.17) is 4.74 Å². The molecule has 1 aliphatic heterocycles. The molecule has 118 valence electrons. The van der Waals surface area contributed by atoms with E-state index >= 15 is 0 Å². The number of methoxy groups -OCH3 is 1. The first-order valence-corrected chi connectivity index (χ1v) is 8.24. The summed E-state index contributed by atoms with van der Waals surface area (Å²) in [6.45, 7) is 8.29. The van der Waals surface area contributed by atoms with E-state index in [9.17, 15) is 5.11 Å². The first-order valence-electron chi connectivity index (χ1n) is 8.24. The van der Waals surface area contributed by atoms with Crippen LogP contribution < -0.4 is 5.32 Å². The van der Waals surface area contributed by atoms with E-state index < -0.39 is 0 Å². The predicted molar refractivity (Wildman–Crippen MR) is 81.9 cm³/mol. The molecule has 0 spiro atoms. The second kappa shape index (κ2) is 7.74. The number of likely N-dealkylation sites (tertiary alicyclic amines) is 1. The average molecular weight is 284 g/mol. The van der Waals surface area contributed by atoms with Gasteiger partial charge in [0.25, 0.3) is 0 Å². The van der Waals surface area contributed by atoms with Crippen LogP contribution in [-0.2, 0) is 4.74 Å². The molecule has 0 radical (unpaired) electrons. The van der Waals surface area contributed by atoms with E-state index in [2.05, 4.69) is 17.1 Å². The maximum absolute atomic E-state index is 9.74. The number of hydrogen-bond acceptors (Lipinski definition) is 4. The second-order valence-corrected chi connectivity index (χ2v) is 7.05. The van der Waals surface area contributed by atoms with Gasteiger partial charge in [-0.15, -0.1) is 0 Å². The third-order valence-electron chi connectivity index (χ3n) is 4.97. The minimum atomic E-state index is -0.102. The molecule has 1 saturated carbocycles. The van der Waals surface area contributed by atoms with Gasteiger partial charge < -0.3 is 20.1 Å². The average Bonchev–Trinajstić information content (AvgIpc) is 2.80. The van der Waals surface area contributed by atoms with Crippen molar-refractivity contribution in [2.45, 2.75) is 45.1 Å². The monoisotopic (exact) mass is 284 g/mol. The molecule has 4 nitrogen and oxygen atoms in total. The highest BCUT2D eigenvalue weighted by Crippen LogP contribution is 2.40. The third kappa shape index (κ3) is 4.69. The Labute approximate surface area is 123 Å². The van der Waals surface area contributed by atoms with Gasteiger partial charge in [-0.1, -0.05) is 19.8 Å². The lowest BCUT2D eigenvalue weighted by Gasteiger charge is -2.43.